The van der Waals surface area contributed by atoms with E-state index >= 15 is 0 Å². The van der Waals surface area contributed by atoms with Crippen molar-refractivity contribution in [3.8, 4) is 17.1 Å². The van der Waals surface area contributed by atoms with Gasteiger partial charge in [-0.2, -0.15) is 4.98 Å². The number of sulfonamides is 1. The van der Waals surface area contributed by atoms with Gasteiger partial charge in [0, 0.05) is 42.4 Å². The highest BCUT2D eigenvalue weighted by atomic mass is 32.2. The molecule has 2 fully saturated rings. The predicted molar refractivity (Wildman–Crippen MR) is 177 cm³/mol. The van der Waals surface area contributed by atoms with Crippen LogP contribution in [-0.2, 0) is 14.8 Å². The Kier molecular flexibility index (Phi) is 9.11. The third-order valence-electron chi connectivity index (χ3n) is 9.30. The Labute approximate surface area is 272 Å². The Morgan fingerprint density at radius 1 is 0.957 bits per heavy atom. The highest BCUT2D eigenvalue weighted by molar-refractivity contribution is 7.92. The third kappa shape index (κ3) is 6.77. The highest BCUT2D eigenvalue weighted by Gasteiger charge is 2.44. The fourth-order valence-electron chi connectivity index (χ4n) is 7.23. The van der Waals surface area contributed by atoms with Crippen LogP contribution in [0, 0.1) is 19.8 Å². The molecule has 6 rings (SSSR count). The molecule has 2 aliphatic heterocycles. The van der Waals surface area contributed by atoms with E-state index in [0.29, 0.717) is 17.3 Å². The maximum Gasteiger partial charge on any atom is 0.264 e. The second-order valence-electron chi connectivity index (χ2n) is 13.6. The number of morpholine rings is 1. The Morgan fingerprint density at radius 3 is 2.30 bits per heavy atom. The number of amides is 1. The molecule has 1 N–H and O–H groups in total. The minimum absolute atomic E-state index is 0.00652. The van der Waals surface area contributed by atoms with Crippen molar-refractivity contribution >= 4 is 21.9 Å². The van der Waals surface area contributed by atoms with Gasteiger partial charge in [0.1, 0.15) is 6.61 Å². The van der Waals surface area contributed by atoms with Crippen LogP contribution in [0.2, 0.25) is 0 Å². The molecule has 3 heterocycles. The highest BCUT2D eigenvalue weighted by Crippen LogP contribution is 2.36. The Bertz CT molecular complexity index is 1680. The van der Waals surface area contributed by atoms with Crippen molar-refractivity contribution in [1.29, 1.82) is 0 Å². The molecule has 2 aromatic carbocycles. The number of hydrogen-bond donors (Lipinski definition) is 1. The van der Waals surface area contributed by atoms with Crippen molar-refractivity contribution in [3.05, 3.63) is 65.2 Å². The van der Waals surface area contributed by atoms with E-state index in [1.165, 1.54) is 12.1 Å². The summed E-state index contributed by atoms with van der Waals surface area (Å²) in [7, 11) is -4.12. The predicted octanol–water partition coefficient (Wildman–Crippen LogP) is 5.45. The maximum atomic E-state index is 14.4. The zero-order valence-corrected chi connectivity index (χ0v) is 28.4. The van der Waals surface area contributed by atoms with Crippen LogP contribution in [0.3, 0.4) is 0 Å². The zero-order chi connectivity index (χ0) is 32.7. The van der Waals surface area contributed by atoms with Gasteiger partial charge in [-0.15, -0.1) is 0 Å². The monoisotopic (exact) mass is 647 g/mol. The van der Waals surface area contributed by atoms with Crippen LogP contribution >= 0.6 is 0 Å². The number of aromatic nitrogens is 2. The third-order valence-corrected chi connectivity index (χ3v) is 10.6. The minimum Gasteiger partial charge on any atom is -0.475 e. The van der Waals surface area contributed by atoms with Crippen LogP contribution in [0.5, 0.6) is 5.88 Å². The van der Waals surface area contributed by atoms with Crippen LogP contribution in [0.4, 0.5) is 5.95 Å². The molecule has 0 spiro atoms. The van der Waals surface area contributed by atoms with E-state index in [2.05, 4.69) is 47.3 Å². The first kappa shape index (κ1) is 32.4. The van der Waals surface area contributed by atoms with Gasteiger partial charge in [-0.05, 0) is 82.2 Å². The summed E-state index contributed by atoms with van der Waals surface area (Å²) in [6.07, 6.45) is 2.74. The van der Waals surface area contributed by atoms with Gasteiger partial charge in [-0.3, -0.25) is 9.69 Å². The summed E-state index contributed by atoms with van der Waals surface area (Å²) in [6.45, 7) is 14.5. The van der Waals surface area contributed by atoms with Crippen LogP contribution in [0.25, 0.3) is 11.3 Å². The molecule has 1 amide bonds. The summed E-state index contributed by atoms with van der Waals surface area (Å²) in [6, 6.07) is 14.1. The Balaban J connectivity index is 1.40. The summed E-state index contributed by atoms with van der Waals surface area (Å²) >= 11 is 0. The van der Waals surface area contributed by atoms with E-state index in [4.69, 9.17) is 9.47 Å². The number of hydrogen-bond acceptors (Lipinski definition) is 8. The van der Waals surface area contributed by atoms with E-state index in [-0.39, 0.29) is 59.4 Å². The summed E-state index contributed by atoms with van der Waals surface area (Å²) in [5.74, 6) is 0.266. The van der Waals surface area contributed by atoms with E-state index in [0.717, 1.165) is 49.0 Å². The molecule has 3 aromatic rings. The van der Waals surface area contributed by atoms with Gasteiger partial charge in [0.2, 0.25) is 11.8 Å². The molecule has 3 aliphatic rings. The fourth-order valence-corrected chi connectivity index (χ4v) is 8.22. The van der Waals surface area contributed by atoms with E-state index in [9.17, 15) is 13.2 Å². The number of fused-ring (bicyclic) bond motifs is 4. The van der Waals surface area contributed by atoms with Gasteiger partial charge >= 0.3 is 0 Å². The van der Waals surface area contributed by atoms with Gasteiger partial charge in [-0.1, -0.05) is 38.1 Å². The van der Waals surface area contributed by atoms with Gasteiger partial charge in [-0.25, -0.2) is 18.1 Å². The molecular formula is C35H45N5O5S. The number of ether oxygens (including phenoxy) is 2. The standard InChI is InChI=1S/C35H45N5O5S/c1-21(2)13-29-20-44-32-17-31(33-22(3)9-7-10-23(33)4)36-35(37-32)38-46(42,43)30-12-8-11-26(14-30)34(41)40(29)28-15-27(16-28)39-18-24(5)45-25(6)19-39/h7-12,14,17,21,24-25,27-29H,13,15-16,18-20H2,1-6H3,(H,36,37,38)/t24-,25+,27?,28?,29-/m1/s1. The van der Waals surface area contributed by atoms with E-state index in [1.807, 2.05) is 36.9 Å². The number of rotatable bonds is 5. The van der Waals surface area contributed by atoms with Gasteiger partial charge in [0.05, 0.1) is 28.8 Å². The summed E-state index contributed by atoms with van der Waals surface area (Å²) < 4.78 is 42.2. The molecule has 0 unspecified atom stereocenters. The number of aryl methyl sites for hydroxylation is 2. The molecule has 10 nitrogen and oxygen atoms in total. The molecule has 1 aliphatic carbocycles. The van der Waals surface area contributed by atoms with Gasteiger partial charge in [0.15, 0.2) is 0 Å². The molecule has 0 radical (unpaired) electrons. The summed E-state index contributed by atoms with van der Waals surface area (Å²) in [5, 5.41) is 0. The number of anilines is 1. The lowest BCUT2D eigenvalue weighted by molar-refractivity contribution is -0.101. The normalized spacial score (nSPS) is 26.6. The molecule has 1 saturated heterocycles. The van der Waals surface area contributed by atoms with Crippen LogP contribution in [0.15, 0.2) is 53.4 Å². The summed E-state index contributed by atoms with van der Waals surface area (Å²) in [5.41, 5.74) is 3.79. The topological polar surface area (TPSA) is 114 Å². The lowest BCUT2D eigenvalue weighted by Gasteiger charge is -2.52. The maximum absolute atomic E-state index is 14.4. The first-order valence-corrected chi connectivity index (χ1v) is 17.8. The van der Waals surface area contributed by atoms with E-state index in [1.54, 1.807) is 18.2 Å². The Hall–Kier alpha value is -3.54. The summed E-state index contributed by atoms with van der Waals surface area (Å²) in [4.78, 5) is 28.0. The van der Waals surface area contributed by atoms with E-state index < -0.39 is 10.0 Å². The number of benzene rings is 2. The Morgan fingerprint density at radius 2 is 1.63 bits per heavy atom. The molecule has 3 atom stereocenters. The van der Waals surface area contributed by atoms with Crippen molar-refractivity contribution in [2.75, 3.05) is 24.4 Å². The second kappa shape index (κ2) is 12.9. The quantitative estimate of drug-likeness (QED) is 0.389. The molecule has 246 valence electrons. The molecule has 4 bridgehead atoms. The average Bonchev–Trinajstić information content (AvgIpc) is 2.95. The molecule has 1 saturated carbocycles. The number of nitrogens with zero attached hydrogens (tertiary/aromatic N) is 4. The smallest absolute Gasteiger partial charge is 0.264 e. The van der Waals surface area contributed by atoms with Crippen LogP contribution in [-0.4, -0.2) is 84.1 Å². The second-order valence-corrected chi connectivity index (χ2v) is 15.3. The molecule has 46 heavy (non-hydrogen) atoms. The number of carbonyl (C=O) groups is 1. The minimum atomic E-state index is -4.12. The van der Waals surface area contributed by atoms with Crippen molar-refractivity contribution in [1.82, 2.24) is 19.8 Å². The van der Waals surface area contributed by atoms with Crippen molar-refractivity contribution < 1.29 is 22.7 Å². The first-order valence-electron chi connectivity index (χ1n) is 16.3. The number of carbonyl (C=O) groups excluding carboxylic acids is 1. The van der Waals surface area contributed by atoms with Gasteiger partial charge in [0.25, 0.3) is 15.9 Å². The van der Waals surface area contributed by atoms with Crippen molar-refractivity contribution in [2.45, 2.75) is 96.0 Å². The van der Waals surface area contributed by atoms with Crippen molar-refractivity contribution in [2.24, 2.45) is 5.92 Å². The van der Waals surface area contributed by atoms with Crippen LogP contribution < -0.4 is 9.46 Å². The lowest BCUT2D eigenvalue weighted by Crippen LogP contribution is -2.62. The molecule has 1 aromatic heterocycles. The zero-order valence-electron chi connectivity index (χ0n) is 27.6. The largest absolute Gasteiger partial charge is 0.475 e. The van der Waals surface area contributed by atoms with Gasteiger partial charge < -0.3 is 14.4 Å². The van der Waals surface area contributed by atoms with Crippen molar-refractivity contribution in [3.63, 3.8) is 0 Å². The number of nitrogens with one attached hydrogen (secondary N) is 1. The molecule has 11 heteroatoms. The lowest BCUT2D eigenvalue weighted by atomic mass is 9.82. The van der Waals surface area contributed by atoms with Crippen LogP contribution in [0.1, 0.15) is 68.4 Å². The first-order chi connectivity index (χ1) is 21.9. The average molecular weight is 648 g/mol. The fraction of sp³-hybridized carbons (Fsp3) is 0.514. The molecular weight excluding hydrogens is 602 g/mol. The SMILES string of the molecule is Cc1cccc(C)c1-c1cc2nc(n1)NS(=O)(=O)c1cccc(c1)C(=O)N(C1CC(N3C[C@@H](C)O[C@@H](C)C3)C1)[C@H](CC(C)C)CO2.